The van der Waals surface area contributed by atoms with Gasteiger partial charge in [0.05, 0.1) is 0 Å². The Labute approximate surface area is 164 Å². The van der Waals surface area contributed by atoms with E-state index < -0.39 is 29.9 Å². The molecule has 2 amide bonds. The van der Waals surface area contributed by atoms with Crippen LogP contribution in [0.3, 0.4) is 0 Å². The zero-order valence-electron chi connectivity index (χ0n) is 15.2. The Hall–Kier alpha value is -3.10. The third-order valence-corrected chi connectivity index (χ3v) is 4.55. The smallest absolute Gasteiger partial charge is 0.406 e. The fourth-order valence-electron chi connectivity index (χ4n) is 3.17. The molecule has 29 heavy (non-hydrogen) atoms. The van der Waals surface area contributed by atoms with Gasteiger partial charge in [0, 0.05) is 30.3 Å². The van der Waals surface area contributed by atoms with Crippen molar-refractivity contribution in [2.75, 3.05) is 18.4 Å². The molecule has 1 N–H and O–H groups in total. The number of halogens is 4. The molecule has 1 saturated heterocycles. The first-order chi connectivity index (χ1) is 13.7. The summed E-state index contributed by atoms with van der Waals surface area (Å²) in [7, 11) is 0. The van der Waals surface area contributed by atoms with Crippen LogP contribution in [0.2, 0.25) is 0 Å². The molecular formula is C20H18F4N2O3. The third kappa shape index (κ3) is 5.69. The van der Waals surface area contributed by atoms with Crippen molar-refractivity contribution in [3.05, 3.63) is 59.9 Å². The van der Waals surface area contributed by atoms with Crippen LogP contribution < -0.4 is 10.1 Å². The number of nitrogens with zero attached hydrogens (tertiary/aromatic N) is 1. The standard InChI is InChI=1S/C20H18F4N2O3/c21-15-5-3-13(4-6-15)18(27)14-2-1-11-26(12-14)19(28)25-16-7-9-17(10-8-16)29-20(22,23)24/h3-10,14H,1-2,11-12H2,(H,25,28). The van der Waals surface area contributed by atoms with Gasteiger partial charge in [-0.2, -0.15) is 0 Å². The number of ketones is 1. The number of anilines is 1. The quantitative estimate of drug-likeness (QED) is 0.579. The van der Waals surface area contributed by atoms with E-state index in [0.29, 0.717) is 30.6 Å². The minimum absolute atomic E-state index is 0.156. The molecule has 1 unspecified atom stereocenters. The van der Waals surface area contributed by atoms with Gasteiger partial charge in [-0.15, -0.1) is 13.2 Å². The third-order valence-electron chi connectivity index (χ3n) is 4.55. The van der Waals surface area contributed by atoms with Gasteiger partial charge in [0.15, 0.2) is 5.78 Å². The van der Waals surface area contributed by atoms with Crippen LogP contribution in [-0.4, -0.2) is 36.2 Å². The second kappa shape index (κ2) is 8.50. The Kier molecular flexibility index (Phi) is 6.05. The maximum atomic E-state index is 13.0. The van der Waals surface area contributed by atoms with Gasteiger partial charge in [-0.1, -0.05) is 0 Å². The first kappa shape index (κ1) is 20.6. The molecule has 0 aromatic heterocycles. The molecule has 2 aromatic rings. The number of benzene rings is 2. The SMILES string of the molecule is O=C(c1ccc(F)cc1)C1CCCN(C(=O)Nc2ccc(OC(F)(F)F)cc2)C1. The molecule has 1 atom stereocenters. The van der Waals surface area contributed by atoms with Crippen molar-refractivity contribution in [3.63, 3.8) is 0 Å². The van der Waals surface area contributed by atoms with Crippen LogP contribution in [0.5, 0.6) is 5.75 Å². The maximum absolute atomic E-state index is 13.0. The molecule has 0 aliphatic carbocycles. The molecular weight excluding hydrogens is 392 g/mol. The molecule has 2 aromatic carbocycles. The number of nitrogens with one attached hydrogen (secondary N) is 1. The number of carbonyl (C=O) groups excluding carboxylic acids is 2. The number of Topliss-reactive ketones (excluding diaryl/α,β-unsaturated/α-hetero) is 1. The summed E-state index contributed by atoms with van der Waals surface area (Å²) in [6, 6.07) is 9.60. The van der Waals surface area contributed by atoms with E-state index in [2.05, 4.69) is 10.1 Å². The first-order valence-electron chi connectivity index (χ1n) is 8.93. The number of piperidine rings is 1. The van der Waals surface area contributed by atoms with Crippen LogP contribution in [-0.2, 0) is 0 Å². The summed E-state index contributed by atoms with van der Waals surface area (Å²) in [4.78, 5) is 26.6. The van der Waals surface area contributed by atoms with Crippen LogP contribution >= 0.6 is 0 Å². The first-order valence-corrected chi connectivity index (χ1v) is 8.93. The van der Waals surface area contributed by atoms with Crippen molar-refractivity contribution in [3.8, 4) is 5.75 Å². The van der Waals surface area contributed by atoms with Crippen molar-refractivity contribution in [1.82, 2.24) is 4.90 Å². The van der Waals surface area contributed by atoms with Crippen LogP contribution in [0.1, 0.15) is 23.2 Å². The number of likely N-dealkylation sites (tertiary alicyclic amines) is 1. The summed E-state index contributed by atoms with van der Waals surface area (Å²) in [6.07, 6.45) is -3.54. The minimum Gasteiger partial charge on any atom is -0.406 e. The van der Waals surface area contributed by atoms with E-state index in [1.165, 1.54) is 41.3 Å². The Bertz CT molecular complexity index is 867. The monoisotopic (exact) mass is 410 g/mol. The van der Waals surface area contributed by atoms with Crippen molar-refractivity contribution < 1.29 is 31.9 Å². The molecule has 0 saturated carbocycles. The van der Waals surface area contributed by atoms with Gasteiger partial charge < -0.3 is 15.0 Å². The lowest BCUT2D eigenvalue weighted by Crippen LogP contribution is -2.44. The Morgan fingerprint density at radius 2 is 1.69 bits per heavy atom. The van der Waals surface area contributed by atoms with E-state index in [9.17, 15) is 27.2 Å². The number of carbonyl (C=O) groups is 2. The van der Waals surface area contributed by atoms with Crippen molar-refractivity contribution in [2.24, 2.45) is 5.92 Å². The van der Waals surface area contributed by atoms with Gasteiger partial charge in [0.25, 0.3) is 0 Å². The van der Waals surface area contributed by atoms with Crippen molar-refractivity contribution in [2.45, 2.75) is 19.2 Å². The fourth-order valence-corrected chi connectivity index (χ4v) is 3.17. The van der Waals surface area contributed by atoms with Crippen molar-refractivity contribution in [1.29, 1.82) is 0 Å². The highest BCUT2D eigenvalue weighted by Crippen LogP contribution is 2.25. The molecule has 5 nitrogen and oxygen atoms in total. The maximum Gasteiger partial charge on any atom is 0.573 e. The second-order valence-corrected chi connectivity index (χ2v) is 6.66. The molecule has 9 heteroatoms. The Morgan fingerprint density at radius 3 is 2.31 bits per heavy atom. The summed E-state index contributed by atoms with van der Waals surface area (Å²) < 4.78 is 53.4. The van der Waals surface area contributed by atoms with E-state index in [-0.39, 0.29) is 12.3 Å². The zero-order chi connectivity index (χ0) is 21.0. The molecule has 0 bridgehead atoms. The molecule has 1 aliphatic rings. The average Bonchev–Trinajstić information content (AvgIpc) is 2.68. The molecule has 1 heterocycles. The van der Waals surface area contributed by atoms with Gasteiger partial charge in [-0.05, 0) is 61.4 Å². The van der Waals surface area contributed by atoms with Gasteiger partial charge in [0.1, 0.15) is 11.6 Å². The van der Waals surface area contributed by atoms with E-state index in [4.69, 9.17) is 0 Å². The number of urea groups is 1. The van der Waals surface area contributed by atoms with E-state index in [0.717, 1.165) is 12.1 Å². The van der Waals surface area contributed by atoms with E-state index >= 15 is 0 Å². The number of ether oxygens (including phenoxy) is 1. The number of hydrogen-bond donors (Lipinski definition) is 1. The normalized spacial score (nSPS) is 17.0. The van der Waals surface area contributed by atoms with Gasteiger partial charge in [-0.3, -0.25) is 4.79 Å². The van der Waals surface area contributed by atoms with Gasteiger partial charge in [-0.25, -0.2) is 9.18 Å². The fraction of sp³-hybridized carbons (Fsp3) is 0.300. The largest absolute Gasteiger partial charge is 0.573 e. The van der Waals surface area contributed by atoms with Crippen molar-refractivity contribution >= 4 is 17.5 Å². The number of alkyl halides is 3. The zero-order valence-corrected chi connectivity index (χ0v) is 15.2. The second-order valence-electron chi connectivity index (χ2n) is 6.66. The number of hydrogen-bond acceptors (Lipinski definition) is 3. The predicted molar refractivity (Wildman–Crippen MR) is 97.2 cm³/mol. The van der Waals surface area contributed by atoms with Crippen LogP contribution in [0.15, 0.2) is 48.5 Å². The lowest BCUT2D eigenvalue weighted by atomic mass is 9.90. The van der Waals surface area contributed by atoms with Crippen LogP contribution in [0.25, 0.3) is 0 Å². The molecule has 0 spiro atoms. The highest BCUT2D eigenvalue weighted by Gasteiger charge is 2.31. The highest BCUT2D eigenvalue weighted by atomic mass is 19.4. The number of rotatable bonds is 4. The van der Waals surface area contributed by atoms with E-state index in [1.807, 2.05) is 0 Å². The summed E-state index contributed by atoms with van der Waals surface area (Å²) in [5, 5.41) is 2.60. The summed E-state index contributed by atoms with van der Waals surface area (Å²) in [6.45, 7) is 0.658. The van der Waals surface area contributed by atoms with Crippen LogP contribution in [0, 0.1) is 11.7 Å². The average molecular weight is 410 g/mol. The molecule has 0 radical (unpaired) electrons. The van der Waals surface area contributed by atoms with Gasteiger partial charge in [0.2, 0.25) is 0 Å². The summed E-state index contributed by atoms with van der Waals surface area (Å²) in [5.74, 6) is -1.38. The topological polar surface area (TPSA) is 58.6 Å². The Morgan fingerprint density at radius 1 is 1.03 bits per heavy atom. The summed E-state index contributed by atoms with van der Waals surface area (Å²) >= 11 is 0. The molecule has 3 rings (SSSR count). The molecule has 154 valence electrons. The predicted octanol–water partition coefficient (Wildman–Crippen LogP) is 4.85. The lowest BCUT2D eigenvalue weighted by molar-refractivity contribution is -0.274. The summed E-state index contributed by atoms with van der Waals surface area (Å²) in [5.41, 5.74) is 0.690. The van der Waals surface area contributed by atoms with E-state index in [1.54, 1.807) is 0 Å². The molecule has 1 fully saturated rings. The Balaban J connectivity index is 1.59. The number of amides is 2. The molecule has 1 aliphatic heterocycles. The highest BCUT2D eigenvalue weighted by molar-refractivity contribution is 5.98. The van der Waals surface area contributed by atoms with Crippen LogP contribution in [0.4, 0.5) is 28.0 Å². The lowest BCUT2D eigenvalue weighted by Gasteiger charge is -2.32. The minimum atomic E-state index is -4.79. The van der Waals surface area contributed by atoms with Gasteiger partial charge >= 0.3 is 12.4 Å².